The first kappa shape index (κ1) is 34.3. The molecule has 74 heavy (non-hydrogen) atoms. The molecule has 4 heterocycles. The molecule has 0 aliphatic carbocycles. The summed E-state index contributed by atoms with van der Waals surface area (Å²) in [5.41, 5.74) is 8.90. The number of ether oxygens (including phenoxy) is 1. The van der Waals surface area contributed by atoms with Crippen molar-refractivity contribution in [1.29, 1.82) is 0 Å². The average Bonchev–Trinajstić information content (AvgIpc) is 4.25. The normalized spacial score (nSPS) is 13.6. The van der Waals surface area contributed by atoms with Crippen molar-refractivity contribution in [3.8, 4) is 67.8 Å². The molecule has 10 aromatic carbocycles. The van der Waals surface area contributed by atoms with Crippen molar-refractivity contribution in [2.75, 3.05) is 0 Å². The van der Waals surface area contributed by atoms with E-state index >= 15 is 0 Å². The monoisotopic (exact) mass is 1140 g/mol. The van der Waals surface area contributed by atoms with E-state index < -0.39 is 60.4 Å². The molecule has 14 aromatic rings. The quantitative estimate of drug-likeness (QED) is 0.135. The van der Waals surface area contributed by atoms with Gasteiger partial charge < -0.3 is 0 Å². The van der Waals surface area contributed by atoms with Gasteiger partial charge in [0.2, 0.25) is 0 Å². The predicted octanol–water partition coefficient (Wildman–Crippen LogP) is 16.8. The van der Waals surface area contributed by atoms with Crippen LogP contribution < -0.4 is 4.74 Å². The van der Waals surface area contributed by atoms with Gasteiger partial charge >= 0.3 is 382 Å². The van der Waals surface area contributed by atoms with Crippen LogP contribution in [0.4, 0.5) is 0 Å². The van der Waals surface area contributed by atoms with E-state index in [0.29, 0.717) is 43.5 Å². The van der Waals surface area contributed by atoms with Crippen molar-refractivity contribution in [2.45, 2.75) is 6.92 Å². The number of pyridine rings is 1. The fourth-order valence-electron chi connectivity index (χ4n) is 10.2. The molecule has 4 aromatic heterocycles. The minimum atomic E-state index is -0.586. The number of nitrogens with zero attached hydrogens (tertiary/aromatic N) is 5. The number of aromatic nitrogens is 5. The van der Waals surface area contributed by atoms with Crippen LogP contribution in [0.1, 0.15) is 19.3 Å². The van der Waals surface area contributed by atoms with Crippen molar-refractivity contribution in [3.05, 3.63) is 264 Å². The number of hydrogen-bond acceptors (Lipinski definition) is 2. The van der Waals surface area contributed by atoms with Crippen molar-refractivity contribution >= 4 is 54.6 Å². The second kappa shape index (κ2) is 17.9. The first-order valence-corrected chi connectivity index (χ1v) is 25.0. The topological polar surface area (TPSA) is 41.8 Å². The van der Waals surface area contributed by atoms with Crippen molar-refractivity contribution < 1.29 is 37.8 Å². The zero-order valence-corrected chi connectivity index (χ0v) is 41.6. The van der Waals surface area contributed by atoms with E-state index in [4.69, 9.17) is 17.9 Å². The third kappa shape index (κ3) is 7.29. The fourth-order valence-corrected chi connectivity index (χ4v) is 11.3. The molecule has 0 unspecified atom stereocenters. The van der Waals surface area contributed by atoms with E-state index in [9.17, 15) is 5.48 Å². The number of aryl methyl sites for hydroxylation is 1. The molecule has 6 nitrogen and oxygen atoms in total. The fraction of sp³-hybridized carbons (Fsp3) is 0.0149. The van der Waals surface area contributed by atoms with Gasteiger partial charge in [-0.1, -0.05) is 42.0 Å². The Morgan fingerprint density at radius 1 is 0.459 bits per heavy atom. The van der Waals surface area contributed by atoms with Crippen LogP contribution >= 0.6 is 0 Å². The summed E-state index contributed by atoms with van der Waals surface area (Å²) in [4.78, 5) is 4.96. The third-order valence-corrected chi connectivity index (χ3v) is 14.5. The summed E-state index contributed by atoms with van der Waals surface area (Å²) < 4.78 is 107. The van der Waals surface area contributed by atoms with Crippen molar-refractivity contribution in [2.24, 2.45) is 0 Å². The van der Waals surface area contributed by atoms with E-state index in [2.05, 4.69) is 85.4 Å². The summed E-state index contributed by atoms with van der Waals surface area (Å²) >= 11 is 2.18. The molecule has 0 saturated carbocycles. The molecule has 0 N–H and O–H groups in total. The molecule has 14 rings (SSSR count). The Balaban J connectivity index is 0.986. The number of hydrogen-bond donors (Lipinski definition) is 0. The number of imidazole rings is 1. The van der Waals surface area contributed by atoms with Crippen molar-refractivity contribution in [1.82, 2.24) is 23.3 Å². The van der Waals surface area contributed by atoms with Crippen molar-refractivity contribution in [3.63, 3.8) is 0 Å². The molecule has 0 aliphatic rings. The molecule has 0 aliphatic heterocycles. The standard InChI is InChI=1S/C67H43N5O.Pt/c1-45-31-33-46(34-32-45)49-35-38-66(68-43-49)72-62-28-13-10-25-56(62)57-37-36-53(42-65(57)72)73-52-22-16-21-50(39-52)69-44-70(64-30-15-14-29-63(64)69)67-58(47-17-4-2-5-18-47)40-51(41-59(67)48-19-6-3-7-20-48)71-60-26-11-8-23-54(60)55-24-9-12-27-61(55)71;/h2-38,40-41,43H,1H3;/q-2;/i2D,3D,4D,5D,6D,7D,17D,18D,19D,20D;. The van der Waals surface area contributed by atoms with Gasteiger partial charge in [0.1, 0.15) is 0 Å². The van der Waals surface area contributed by atoms with Gasteiger partial charge in [-0.25, -0.2) is 0 Å². The van der Waals surface area contributed by atoms with Gasteiger partial charge in [-0.15, -0.1) is 0 Å². The molecule has 0 spiro atoms. The van der Waals surface area contributed by atoms with Gasteiger partial charge in [-0.3, -0.25) is 0 Å². The Hall–Kier alpha value is -9.09. The maximum absolute atomic E-state index is 9.56. The molecule has 7 heteroatoms. The van der Waals surface area contributed by atoms with E-state index in [1.54, 1.807) is 18.2 Å². The number of fused-ring (bicyclic) bond motifs is 7. The molecule has 0 amide bonds. The molecule has 0 atom stereocenters. The summed E-state index contributed by atoms with van der Waals surface area (Å²) in [6.45, 7) is 2.06. The van der Waals surface area contributed by atoms with Gasteiger partial charge in [0, 0.05) is 11.8 Å². The van der Waals surface area contributed by atoms with Gasteiger partial charge in [0.15, 0.2) is 0 Å². The molecule has 0 bridgehead atoms. The van der Waals surface area contributed by atoms with Gasteiger partial charge in [0.25, 0.3) is 0 Å². The second-order valence-corrected chi connectivity index (χ2v) is 18.9. The molecule has 354 valence electrons. The Bertz CT molecular complexity index is 4960. The molecular formula is C67H43N5OPt-2. The van der Waals surface area contributed by atoms with Gasteiger partial charge in [0.05, 0.1) is 0 Å². The van der Waals surface area contributed by atoms with Gasteiger partial charge in [-0.05, 0) is 18.6 Å². The number of para-hydroxylation sites is 5. The summed E-state index contributed by atoms with van der Waals surface area (Å²) in [5, 5.41) is 3.83. The molecular weight excluding hydrogens is 1090 g/mol. The summed E-state index contributed by atoms with van der Waals surface area (Å²) in [5.74, 6) is 1.50. The van der Waals surface area contributed by atoms with Crippen LogP contribution in [-0.2, 0) is 19.4 Å². The van der Waals surface area contributed by atoms with Gasteiger partial charge in [-0.2, -0.15) is 0 Å². The van der Waals surface area contributed by atoms with E-state index in [-0.39, 0.29) is 27.9 Å². The average molecular weight is 1140 g/mol. The van der Waals surface area contributed by atoms with Crippen LogP contribution in [0.5, 0.6) is 11.5 Å². The van der Waals surface area contributed by atoms with E-state index in [1.807, 2.05) is 135 Å². The zero-order chi connectivity index (χ0) is 58.0. The number of benzene rings is 10. The summed E-state index contributed by atoms with van der Waals surface area (Å²) in [6, 6.07) is 58.3. The second-order valence-electron chi connectivity index (χ2n) is 17.9. The van der Waals surface area contributed by atoms with E-state index in [1.165, 1.54) is 5.56 Å². The predicted molar refractivity (Wildman–Crippen MR) is 298 cm³/mol. The molecule has 0 fully saturated rings. The van der Waals surface area contributed by atoms with Crippen LogP contribution in [0, 0.1) is 22.9 Å². The minimum absolute atomic E-state index is 0.140. The van der Waals surface area contributed by atoms with Crippen LogP contribution in [-0.4, -0.2) is 23.3 Å². The summed E-state index contributed by atoms with van der Waals surface area (Å²) in [7, 11) is 0. The zero-order valence-electron chi connectivity index (χ0n) is 49.3. The van der Waals surface area contributed by atoms with Crippen LogP contribution in [0.15, 0.2) is 243 Å². The third-order valence-electron chi connectivity index (χ3n) is 13.5. The molecule has 0 saturated heterocycles. The summed E-state index contributed by atoms with van der Waals surface area (Å²) in [6.07, 6.45) is 1.88. The first-order valence-electron chi connectivity index (χ1n) is 28.9. The number of rotatable bonds is 9. The Kier molecular flexibility index (Phi) is 8.29. The Morgan fingerprint density at radius 3 is 1.61 bits per heavy atom. The van der Waals surface area contributed by atoms with E-state index in [0.717, 1.165) is 54.7 Å². The Morgan fingerprint density at radius 2 is 1.00 bits per heavy atom. The SMILES string of the molecule is [2H]c1c([2H])c([2H])c(-c2cc(-n3c4ccccc4c4ccccc43)cc(-c3c([2H])c([2H])c([2H])c([2H])c3[2H])c2-n2[c](=[Pt])n(-c3[c-]c(Oc4[c-]c5c(cc4)c4ccccc4n5-c4ccc(-c5ccc(C)cc5)cn4)ccc3)c3ccccc32)c([2H])c1[2H]. The van der Waals surface area contributed by atoms with Crippen LogP contribution in [0.25, 0.3) is 111 Å². The first-order chi connectivity index (χ1) is 40.7. The molecule has 0 radical (unpaired) electrons. The van der Waals surface area contributed by atoms with Crippen LogP contribution in [0.2, 0.25) is 0 Å². The maximum atomic E-state index is 9.56. The van der Waals surface area contributed by atoms with Crippen LogP contribution in [0.3, 0.4) is 0 Å². The Labute approximate surface area is 452 Å².